The topological polar surface area (TPSA) is 94.8 Å². The Morgan fingerprint density at radius 1 is 1.00 bits per heavy atom. The first kappa shape index (κ1) is 17.8. The number of rotatable bonds is 5. The lowest BCUT2D eigenvalue weighted by atomic mass is 10.2. The molecular formula is C12H20O5. The summed E-state index contributed by atoms with van der Waals surface area (Å²) in [6, 6.07) is 0. The van der Waals surface area contributed by atoms with Crippen molar-refractivity contribution in [2.24, 2.45) is 0 Å². The van der Waals surface area contributed by atoms with Crippen LogP contribution in [0.15, 0.2) is 23.3 Å². The lowest BCUT2D eigenvalue weighted by Gasteiger charge is -1.89. The third kappa shape index (κ3) is 12.3. The second-order valence-corrected chi connectivity index (χ2v) is 3.31. The maximum Gasteiger partial charge on any atom is 0.330 e. The van der Waals surface area contributed by atoms with E-state index in [0.29, 0.717) is 12.0 Å². The van der Waals surface area contributed by atoms with E-state index >= 15 is 0 Å². The van der Waals surface area contributed by atoms with Crippen molar-refractivity contribution in [1.82, 2.24) is 0 Å². The summed E-state index contributed by atoms with van der Waals surface area (Å²) in [5, 5.41) is 24.8. The van der Waals surface area contributed by atoms with Gasteiger partial charge in [0, 0.05) is 17.8 Å². The molecule has 0 rings (SSSR count). The fourth-order valence-electron chi connectivity index (χ4n) is 0.762. The van der Waals surface area contributed by atoms with Crippen LogP contribution in [0, 0.1) is 0 Å². The Labute approximate surface area is 101 Å². The van der Waals surface area contributed by atoms with Gasteiger partial charge in [-0.2, -0.15) is 0 Å². The van der Waals surface area contributed by atoms with Gasteiger partial charge in [0.2, 0.25) is 0 Å². The number of hydrogen-bond donors (Lipinski definition) is 3. The minimum atomic E-state index is -0.927. The standard InChI is InChI=1S/C6H10O3.C6H10O2/c1-5(6(8)9)3-2-4-7;1-3-4-5(2)6(7)8/h3,7H,2,4H2,1H3,(H,8,9);4H,3H2,1-2H3,(H,7,8). The van der Waals surface area contributed by atoms with Crippen LogP contribution in [-0.4, -0.2) is 33.9 Å². The molecule has 0 saturated carbocycles. The zero-order valence-electron chi connectivity index (χ0n) is 10.4. The maximum atomic E-state index is 10.1. The first-order valence-electron chi connectivity index (χ1n) is 5.27. The number of aliphatic carboxylic acids is 2. The number of aliphatic hydroxyl groups is 1. The van der Waals surface area contributed by atoms with Crippen molar-refractivity contribution in [2.75, 3.05) is 6.61 Å². The molecule has 0 unspecified atom stereocenters. The highest BCUT2D eigenvalue weighted by Gasteiger charge is 1.96. The van der Waals surface area contributed by atoms with E-state index in [4.69, 9.17) is 15.3 Å². The predicted octanol–water partition coefficient (Wildman–Crippen LogP) is 1.83. The van der Waals surface area contributed by atoms with Crippen molar-refractivity contribution in [3.05, 3.63) is 23.3 Å². The first-order chi connectivity index (χ1) is 7.86. The summed E-state index contributed by atoms with van der Waals surface area (Å²) in [6.07, 6.45) is 4.38. The smallest absolute Gasteiger partial charge is 0.330 e. The van der Waals surface area contributed by atoms with E-state index in [2.05, 4.69) is 0 Å². The number of carbonyl (C=O) groups is 2. The zero-order chi connectivity index (χ0) is 13.8. The van der Waals surface area contributed by atoms with Crippen LogP contribution in [0.1, 0.15) is 33.6 Å². The summed E-state index contributed by atoms with van der Waals surface area (Å²) in [7, 11) is 0. The van der Waals surface area contributed by atoms with E-state index in [0.717, 1.165) is 6.42 Å². The van der Waals surface area contributed by atoms with Gasteiger partial charge in [-0.1, -0.05) is 19.1 Å². The van der Waals surface area contributed by atoms with Crippen LogP contribution in [0.25, 0.3) is 0 Å². The Hall–Kier alpha value is -1.62. The molecule has 0 aromatic rings. The molecule has 98 valence electrons. The van der Waals surface area contributed by atoms with E-state index in [-0.39, 0.29) is 12.2 Å². The minimum absolute atomic E-state index is 0.00458. The third-order valence-corrected chi connectivity index (χ3v) is 1.76. The van der Waals surface area contributed by atoms with Crippen molar-refractivity contribution in [2.45, 2.75) is 33.6 Å². The molecule has 0 bridgehead atoms. The average molecular weight is 244 g/mol. The molecule has 0 fully saturated rings. The van der Waals surface area contributed by atoms with Crippen LogP contribution in [0.5, 0.6) is 0 Å². The number of hydrogen-bond acceptors (Lipinski definition) is 3. The second kappa shape index (κ2) is 10.9. The van der Waals surface area contributed by atoms with Crippen LogP contribution in [-0.2, 0) is 9.59 Å². The van der Waals surface area contributed by atoms with Gasteiger partial charge in [0.25, 0.3) is 0 Å². The summed E-state index contributed by atoms with van der Waals surface area (Å²) in [6.45, 7) is 5.00. The molecule has 0 saturated heterocycles. The van der Waals surface area contributed by atoms with Gasteiger partial charge in [-0.3, -0.25) is 0 Å². The lowest BCUT2D eigenvalue weighted by molar-refractivity contribution is -0.133. The van der Waals surface area contributed by atoms with Gasteiger partial charge in [-0.05, 0) is 26.7 Å². The lowest BCUT2D eigenvalue weighted by Crippen LogP contribution is -1.95. The van der Waals surface area contributed by atoms with Crippen molar-refractivity contribution >= 4 is 11.9 Å². The molecule has 0 aliphatic heterocycles. The van der Waals surface area contributed by atoms with Crippen LogP contribution in [0.2, 0.25) is 0 Å². The Kier molecular flexibility index (Phi) is 11.4. The van der Waals surface area contributed by atoms with Crippen molar-refractivity contribution < 1.29 is 24.9 Å². The summed E-state index contributed by atoms with van der Waals surface area (Å²) in [5.74, 6) is -1.75. The molecule has 0 aliphatic rings. The van der Waals surface area contributed by atoms with Crippen LogP contribution < -0.4 is 0 Å². The van der Waals surface area contributed by atoms with E-state index < -0.39 is 11.9 Å². The Morgan fingerprint density at radius 3 is 1.65 bits per heavy atom. The average Bonchev–Trinajstić information content (AvgIpc) is 2.26. The monoisotopic (exact) mass is 244 g/mol. The van der Waals surface area contributed by atoms with Gasteiger partial charge in [0.1, 0.15) is 0 Å². The third-order valence-electron chi connectivity index (χ3n) is 1.76. The molecule has 0 radical (unpaired) electrons. The fraction of sp³-hybridized carbons (Fsp3) is 0.500. The van der Waals surface area contributed by atoms with Crippen molar-refractivity contribution in [1.29, 1.82) is 0 Å². The number of allylic oxidation sites excluding steroid dienone is 1. The maximum absolute atomic E-state index is 10.1. The molecule has 0 aromatic heterocycles. The molecular weight excluding hydrogens is 224 g/mol. The van der Waals surface area contributed by atoms with Crippen LogP contribution >= 0.6 is 0 Å². The number of carboxylic acid groups (broad SMARTS) is 2. The molecule has 5 heteroatoms. The second-order valence-electron chi connectivity index (χ2n) is 3.31. The first-order valence-corrected chi connectivity index (χ1v) is 5.27. The van der Waals surface area contributed by atoms with E-state index in [9.17, 15) is 9.59 Å². The quantitative estimate of drug-likeness (QED) is 0.641. The molecule has 0 heterocycles. The van der Waals surface area contributed by atoms with Gasteiger partial charge >= 0.3 is 11.9 Å². The molecule has 0 amide bonds. The molecule has 3 N–H and O–H groups in total. The van der Waals surface area contributed by atoms with Gasteiger partial charge in [-0.25, -0.2) is 9.59 Å². The summed E-state index contributed by atoms with van der Waals surface area (Å²) >= 11 is 0. The van der Waals surface area contributed by atoms with Crippen LogP contribution in [0.3, 0.4) is 0 Å². The zero-order valence-corrected chi connectivity index (χ0v) is 10.4. The molecule has 0 spiro atoms. The summed E-state index contributed by atoms with van der Waals surface area (Å²) in [5.41, 5.74) is 0.705. The van der Waals surface area contributed by atoms with Gasteiger partial charge in [-0.15, -0.1) is 0 Å². The minimum Gasteiger partial charge on any atom is -0.478 e. The Bertz CT molecular complexity index is 302. The largest absolute Gasteiger partial charge is 0.478 e. The van der Waals surface area contributed by atoms with Crippen molar-refractivity contribution in [3.63, 3.8) is 0 Å². The summed E-state index contributed by atoms with van der Waals surface area (Å²) in [4.78, 5) is 20.1. The fourth-order valence-corrected chi connectivity index (χ4v) is 0.762. The highest BCUT2D eigenvalue weighted by atomic mass is 16.4. The molecule has 0 aromatic carbocycles. The number of carboxylic acids is 2. The van der Waals surface area contributed by atoms with E-state index in [1.165, 1.54) is 13.0 Å². The highest BCUT2D eigenvalue weighted by molar-refractivity contribution is 5.86. The Morgan fingerprint density at radius 2 is 1.41 bits per heavy atom. The normalized spacial score (nSPS) is 11.5. The van der Waals surface area contributed by atoms with Gasteiger partial charge in [0.15, 0.2) is 0 Å². The summed E-state index contributed by atoms with van der Waals surface area (Å²) < 4.78 is 0. The SMILES string of the molecule is CC(=CCCO)C(=O)O.CCC=C(C)C(=O)O. The molecule has 17 heavy (non-hydrogen) atoms. The van der Waals surface area contributed by atoms with E-state index in [1.54, 1.807) is 13.0 Å². The van der Waals surface area contributed by atoms with Crippen LogP contribution in [0.4, 0.5) is 0 Å². The van der Waals surface area contributed by atoms with Gasteiger partial charge in [0.05, 0.1) is 0 Å². The molecule has 0 aliphatic carbocycles. The Balaban J connectivity index is 0. The molecule has 5 nitrogen and oxygen atoms in total. The van der Waals surface area contributed by atoms with E-state index in [1.807, 2.05) is 6.92 Å². The predicted molar refractivity (Wildman–Crippen MR) is 64.8 cm³/mol. The van der Waals surface area contributed by atoms with Crippen molar-refractivity contribution in [3.8, 4) is 0 Å². The van der Waals surface area contributed by atoms with Gasteiger partial charge < -0.3 is 15.3 Å². The highest BCUT2D eigenvalue weighted by Crippen LogP contribution is 1.93. The molecule has 0 atom stereocenters. The number of aliphatic hydroxyl groups excluding tert-OH is 1.